The van der Waals surface area contributed by atoms with Crippen LogP contribution in [-0.2, 0) is 4.79 Å². The lowest BCUT2D eigenvalue weighted by Crippen LogP contribution is -2.37. The Balaban J connectivity index is 2.01. The van der Waals surface area contributed by atoms with Gasteiger partial charge in [-0.1, -0.05) is 6.07 Å². The van der Waals surface area contributed by atoms with E-state index in [1.54, 1.807) is 0 Å². The largest absolute Gasteiger partial charge is 0.491 e. The molecule has 1 atom stereocenters. The molecule has 6 nitrogen and oxygen atoms in total. The van der Waals surface area contributed by atoms with E-state index in [4.69, 9.17) is 0 Å². The number of esters is 1. The van der Waals surface area contributed by atoms with E-state index in [1.807, 2.05) is 0 Å². The van der Waals surface area contributed by atoms with Gasteiger partial charge in [0.1, 0.15) is 11.5 Å². The minimum Gasteiger partial charge on any atom is -0.417 e. The molecule has 0 saturated carbocycles. The average Bonchev–Trinajstić information content (AvgIpc) is 3.15. The van der Waals surface area contributed by atoms with Crippen molar-refractivity contribution in [3.05, 3.63) is 29.7 Å². The van der Waals surface area contributed by atoms with Gasteiger partial charge >= 0.3 is 12.1 Å². The van der Waals surface area contributed by atoms with Gasteiger partial charge in [0.2, 0.25) is 0 Å². The van der Waals surface area contributed by atoms with Crippen LogP contribution in [0.15, 0.2) is 18.2 Å². The molecule has 1 amide bonds. The Labute approximate surface area is 138 Å². The molecular formula is C15H13F4N3O3. The minimum absolute atomic E-state index is 0.0414. The number of hydrogen-bond donors (Lipinski definition) is 3. The first-order valence-corrected chi connectivity index (χ1v) is 7.38. The van der Waals surface area contributed by atoms with Crippen LogP contribution in [0, 0.1) is 5.82 Å². The maximum absolute atomic E-state index is 14.0. The van der Waals surface area contributed by atoms with Crippen molar-refractivity contribution in [3.8, 4) is 5.75 Å². The second-order valence-electron chi connectivity index (χ2n) is 5.54. The van der Waals surface area contributed by atoms with Crippen LogP contribution in [0.3, 0.4) is 0 Å². The number of alkyl halides is 3. The molecule has 1 aliphatic heterocycles. The summed E-state index contributed by atoms with van der Waals surface area (Å²) >= 11 is 0. The van der Waals surface area contributed by atoms with Crippen molar-refractivity contribution in [2.45, 2.75) is 18.6 Å². The van der Waals surface area contributed by atoms with Gasteiger partial charge in [-0.2, -0.15) is 13.2 Å². The summed E-state index contributed by atoms with van der Waals surface area (Å²) in [6.07, 6.45) is -4.64. The molecule has 0 bridgehead atoms. The second-order valence-corrected chi connectivity index (χ2v) is 5.54. The lowest BCUT2D eigenvalue weighted by molar-refractivity contribution is -0.189. The third kappa shape index (κ3) is 3.43. The Bertz CT molecular complexity index is 825. The third-order valence-corrected chi connectivity index (χ3v) is 3.78. The van der Waals surface area contributed by atoms with E-state index in [0.717, 1.165) is 6.07 Å². The van der Waals surface area contributed by atoms with Gasteiger partial charge in [-0.3, -0.25) is 4.79 Å². The standard InChI is InChI=1S/C15H13F4N3O3/c16-8-2-1-3-9-10(8)12(25-14(24)15(17,18)19)11(22-9)13(23)21-7-4-5-20-6-7/h1-3,7,20,22H,4-6H2,(H,21,23). The first-order chi connectivity index (χ1) is 11.8. The smallest absolute Gasteiger partial charge is 0.417 e. The summed E-state index contributed by atoms with van der Waals surface area (Å²) in [5, 5.41) is 5.22. The molecule has 1 aromatic heterocycles. The van der Waals surface area contributed by atoms with Crippen LogP contribution in [0.4, 0.5) is 17.6 Å². The van der Waals surface area contributed by atoms with E-state index in [-0.39, 0.29) is 11.6 Å². The van der Waals surface area contributed by atoms with E-state index < -0.39 is 40.7 Å². The summed E-state index contributed by atoms with van der Waals surface area (Å²) in [5.74, 6) is -5.01. The molecule has 25 heavy (non-hydrogen) atoms. The highest BCUT2D eigenvalue weighted by Crippen LogP contribution is 2.34. The zero-order chi connectivity index (χ0) is 18.2. The van der Waals surface area contributed by atoms with E-state index in [0.29, 0.717) is 19.5 Å². The molecule has 3 N–H and O–H groups in total. The van der Waals surface area contributed by atoms with Crippen molar-refractivity contribution in [1.29, 1.82) is 0 Å². The predicted octanol–water partition coefficient (Wildman–Crippen LogP) is 1.87. The number of aromatic nitrogens is 1. The molecule has 10 heteroatoms. The Morgan fingerprint density at radius 3 is 2.68 bits per heavy atom. The topological polar surface area (TPSA) is 83.2 Å². The van der Waals surface area contributed by atoms with E-state index in [2.05, 4.69) is 20.4 Å². The number of hydrogen-bond acceptors (Lipinski definition) is 4. The van der Waals surface area contributed by atoms with Crippen LogP contribution in [-0.4, -0.2) is 42.2 Å². The van der Waals surface area contributed by atoms with Gasteiger partial charge in [-0.05, 0) is 25.1 Å². The van der Waals surface area contributed by atoms with Crippen molar-refractivity contribution in [3.63, 3.8) is 0 Å². The maximum Gasteiger partial charge on any atom is 0.491 e. The number of amides is 1. The quantitative estimate of drug-likeness (QED) is 0.577. The number of fused-ring (bicyclic) bond motifs is 1. The second kappa shape index (κ2) is 6.36. The van der Waals surface area contributed by atoms with Crippen molar-refractivity contribution in [2.75, 3.05) is 13.1 Å². The van der Waals surface area contributed by atoms with Gasteiger partial charge in [0.05, 0.1) is 10.9 Å². The number of carbonyl (C=O) groups is 2. The van der Waals surface area contributed by atoms with Gasteiger partial charge in [0.25, 0.3) is 5.91 Å². The third-order valence-electron chi connectivity index (χ3n) is 3.78. The van der Waals surface area contributed by atoms with Crippen LogP contribution >= 0.6 is 0 Å². The normalized spacial score (nSPS) is 17.7. The summed E-state index contributed by atoms with van der Waals surface area (Å²) in [6.45, 7) is 1.18. The molecule has 1 aliphatic rings. The molecule has 0 radical (unpaired) electrons. The fourth-order valence-corrected chi connectivity index (χ4v) is 2.62. The van der Waals surface area contributed by atoms with Gasteiger partial charge < -0.3 is 20.4 Å². The molecule has 1 saturated heterocycles. The first kappa shape index (κ1) is 17.2. The van der Waals surface area contributed by atoms with E-state index in [1.165, 1.54) is 12.1 Å². The van der Waals surface area contributed by atoms with Gasteiger partial charge in [-0.25, -0.2) is 9.18 Å². The highest BCUT2D eigenvalue weighted by atomic mass is 19.4. The van der Waals surface area contributed by atoms with Crippen LogP contribution in [0.2, 0.25) is 0 Å². The fourth-order valence-electron chi connectivity index (χ4n) is 2.62. The molecule has 2 heterocycles. The molecule has 2 aromatic rings. The molecule has 1 fully saturated rings. The van der Waals surface area contributed by atoms with Crippen LogP contribution in [0.1, 0.15) is 16.9 Å². The number of benzene rings is 1. The zero-order valence-corrected chi connectivity index (χ0v) is 12.7. The van der Waals surface area contributed by atoms with Crippen molar-refractivity contribution in [2.24, 2.45) is 0 Å². The number of H-pyrrole nitrogens is 1. The Morgan fingerprint density at radius 1 is 1.28 bits per heavy atom. The summed E-state index contributed by atoms with van der Waals surface area (Å²) in [4.78, 5) is 26.1. The highest BCUT2D eigenvalue weighted by Gasteiger charge is 2.42. The Morgan fingerprint density at radius 2 is 2.04 bits per heavy atom. The van der Waals surface area contributed by atoms with Crippen molar-refractivity contribution >= 4 is 22.8 Å². The summed E-state index contributed by atoms with van der Waals surface area (Å²) in [6, 6.07) is 3.43. The molecule has 0 spiro atoms. The molecule has 1 aromatic carbocycles. The SMILES string of the molecule is O=C(NC1CCNC1)c1[nH]c2cccc(F)c2c1OC(=O)C(F)(F)F. The van der Waals surface area contributed by atoms with Gasteiger partial charge in [0, 0.05) is 12.6 Å². The Hall–Kier alpha value is -2.62. The highest BCUT2D eigenvalue weighted by molar-refractivity contribution is 6.05. The van der Waals surface area contributed by atoms with Gasteiger partial charge in [0.15, 0.2) is 5.75 Å². The maximum atomic E-state index is 14.0. The Kier molecular flexibility index (Phi) is 4.38. The van der Waals surface area contributed by atoms with E-state index in [9.17, 15) is 27.2 Å². The molecule has 134 valence electrons. The van der Waals surface area contributed by atoms with Gasteiger partial charge in [-0.15, -0.1) is 0 Å². The fraction of sp³-hybridized carbons (Fsp3) is 0.333. The average molecular weight is 359 g/mol. The van der Waals surface area contributed by atoms with E-state index >= 15 is 0 Å². The van der Waals surface area contributed by atoms with Crippen molar-refractivity contribution in [1.82, 2.24) is 15.6 Å². The number of rotatable bonds is 3. The summed E-state index contributed by atoms with van der Waals surface area (Å²) < 4.78 is 55.9. The number of halogens is 4. The lowest BCUT2D eigenvalue weighted by atomic mass is 10.2. The van der Waals surface area contributed by atoms with Crippen LogP contribution in [0.5, 0.6) is 5.75 Å². The van der Waals surface area contributed by atoms with Crippen LogP contribution in [0.25, 0.3) is 10.9 Å². The molecule has 1 unspecified atom stereocenters. The zero-order valence-electron chi connectivity index (χ0n) is 12.7. The molecule has 0 aliphatic carbocycles. The monoisotopic (exact) mass is 359 g/mol. The number of ether oxygens (including phenoxy) is 1. The molecular weight excluding hydrogens is 346 g/mol. The summed E-state index contributed by atoms with van der Waals surface area (Å²) in [7, 11) is 0. The van der Waals surface area contributed by atoms with Crippen molar-refractivity contribution < 1.29 is 31.9 Å². The number of aromatic amines is 1. The summed E-state index contributed by atoms with van der Waals surface area (Å²) in [5.41, 5.74) is -0.399. The predicted molar refractivity (Wildman–Crippen MR) is 78.7 cm³/mol. The minimum atomic E-state index is -5.28. The molecule has 3 rings (SSSR count). The number of nitrogens with one attached hydrogen (secondary N) is 3. The first-order valence-electron chi connectivity index (χ1n) is 7.38. The van der Waals surface area contributed by atoms with Crippen LogP contribution < -0.4 is 15.4 Å². The number of carbonyl (C=O) groups excluding carboxylic acids is 2. The lowest BCUT2D eigenvalue weighted by Gasteiger charge is -2.12.